The number of anilines is 1. The van der Waals surface area contributed by atoms with Crippen LogP contribution in [0.25, 0.3) is 0 Å². The predicted molar refractivity (Wildman–Crippen MR) is 96.9 cm³/mol. The van der Waals surface area contributed by atoms with Gasteiger partial charge in [-0.3, -0.25) is 9.59 Å². The third-order valence-electron chi connectivity index (χ3n) is 3.34. The first-order chi connectivity index (χ1) is 11.9. The predicted octanol–water partition coefficient (Wildman–Crippen LogP) is 2.19. The van der Waals surface area contributed by atoms with Gasteiger partial charge < -0.3 is 16.4 Å². The second-order valence-corrected chi connectivity index (χ2v) is 6.03. The number of nitrogens with one attached hydrogen (secondary N) is 2. The highest BCUT2D eigenvalue weighted by atomic mass is 35.5. The number of nitrogens with zero attached hydrogens (tertiary/aromatic N) is 2. The smallest absolute Gasteiger partial charge is 0.275 e. The fourth-order valence-electron chi connectivity index (χ4n) is 2.07. The first-order valence-corrected chi connectivity index (χ1v) is 8.23. The Labute approximate surface area is 151 Å². The van der Waals surface area contributed by atoms with E-state index in [2.05, 4.69) is 20.6 Å². The quantitative estimate of drug-likeness (QED) is 0.730. The van der Waals surface area contributed by atoms with Crippen LogP contribution in [0.15, 0.2) is 30.5 Å². The summed E-state index contributed by atoms with van der Waals surface area (Å²) in [5.41, 5.74) is 6.15. The molecular weight excluding hydrogens is 342 g/mol. The van der Waals surface area contributed by atoms with Crippen molar-refractivity contribution in [2.45, 2.75) is 19.8 Å². The van der Waals surface area contributed by atoms with Crippen molar-refractivity contribution in [1.29, 1.82) is 0 Å². The number of hydrogen-bond acceptors (Lipinski definition) is 5. The van der Waals surface area contributed by atoms with E-state index in [0.717, 1.165) is 0 Å². The van der Waals surface area contributed by atoms with Crippen molar-refractivity contribution in [2.75, 3.05) is 18.4 Å². The molecule has 2 rings (SSSR count). The Morgan fingerprint density at radius 1 is 1.24 bits per heavy atom. The van der Waals surface area contributed by atoms with Crippen LogP contribution in [0.3, 0.4) is 0 Å². The summed E-state index contributed by atoms with van der Waals surface area (Å²) in [5.74, 6) is -0.256. The number of amides is 2. The normalized spacial score (nSPS) is 10.6. The highest BCUT2D eigenvalue weighted by Gasteiger charge is 2.18. The Morgan fingerprint density at radius 3 is 2.64 bits per heavy atom. The molecule has 2 aromatic rings. The summed E-state index contributed by atoms with van der Waals surface area (Å²) in [6, 6.07) is 6.67. The lowest BCUT2D eigenvalue weighted by molar-refractivity contribution is 0.0955. The van der Waals surface area contributed by atoms with E-state index in [1.807, 2.05) is 13.8 Å². The van der Waals surface area contributed by atoms with Gasteiger partial charge in [-0.2, -0.15) is 0 Å². The van der Waals surface area contributed by atoms with E-state index >= 15 is 0 Å². The molecule has 8 heteroatoms. The molecule has 1 aromatic carbocycles. The Kier molecular flexibility index (Phi) is 6.44. The number of nitrogens with two attached hydrogens (primary N) is 1. The first-order valence-electron chi connectivity index (χ1n) is 7.85. The van der Waals surface area contributed by atoms with Gasteiger partial charge in [0.05, 0.1) is 22.5 Å². The molecule has 0 atom stereocenters. The summed E-state index contributed by atoms with van der Waals surface area (Å²) >= 11 is 6.05. The van der Waals surface area contributed by atoms with Crippen molar-refractivity contribution in [2.24, 2.45) is 5.73 Å². The highest BCUT2D eigenvalue weighted by Crippen LogP contribution is 2.20. The summed E-state index contributed by atoms with van der Waals surface area (Å²) in [5, 5.41) is 5.50. The number of para-hydroxylation sites is 1. The molecule has 25 heavy (non-hydrogen) atoms. The lowest BCUT2D eigenvalue weighted by Gasteiger charge is -2.12. The maximum absolute atomic E-state index is 12.6. The van der Waals surface area contributed by atoms with E-state index in [9.17, 15) is 9.59 Å². The summed E-state index contributed by atoms with van der Waals surface area (Å²) in [6.45, 7) is 4.51. The van der Waals surface area contributed by atoms with Gasteiger partial charge in [0.25, 0.3) is 11.8 Å². The first kappa shape index (κ1) is 18.8. The SMILES string of the molecule is CC(C)c1ncc(Cl)c(C(=O)Nc2ccccc2C(=O)NCCN)n1. The topological polar surface area (TPSA) is 110 Å². The maximum atomic E-state index is 12.6. The summed E-state index contributed by atoms with van der Waals surface area (Å²) in [6.07, 6.45) is 1.40. The molecule has 4 N–H and O–H groups in total. The highest BCUT2D eigenvalue weighted by molar-refractivity contribution is 6.34. The van der Waals surface area contributed by atoms with Crippen molar-refractivity contribution >= 4 is 29.1 Å². The molecule has 0 spiro atoms. The van der Waals surface area contributed by atoms with Gasteiger partial charge in [0.2, 0.25) is 0 Å². The molecule has 0 aliphatic carbocycles. The van der Waals surface area contributed by atoms with E-state index in [0.29, 0.717) is 30.2 Å². The molecule has 0 bridgehead atoms. The van der Waals surface area contributed by atoms with Crippen LogP contribution in [0, 0.1) is 0 Å². The van der Waals surface area contributed by atoms with Crippen LogP contribution < -0.4 is 16.4 Å². The third-order valence-corrected chi connectivity index (χ3v) is 3.62. The van der Waals surface area contributed by atoms with Crippen molar-refractivity contribution < 1.29 is 9.59 Å². The van der Waals surface area contributed by atoms with Gasteiger partial charge in [-0.05, 0) is 12.1 Å². The Morgan fingerprint density at radius 2 is 1.96 bits per heavy atom. The largest absolute Gasteiger partial charge is 0.351 e. The van der Waals surface area contributed by atoms with Crippen molar-refractivity contribution in [3.63, 3.8) is 0 Å². The summed E-state index contributed by atoms with van der Waals surface area (Å²) in [7, 11) is 0. The van der Waals surface area contributed by atoms with Gasteiger partial charge in [-0.15, -0.1) is 0 Å². The Balaban J connectivity index is 2.27. The monoisotopic (exact) mass is 361 g/mol. The van der Waals surface area contributed by atoms with Crippen LogP contribution in [0.4, 0.5) is 5.69 Å². The van der Waals surface area contributed by atoms with Crippen LogP contribution in [-0.4, -0.2) is 34.9 Å². The number of carbonyl (C=O) groups excluding carboxylic acids is 2. The van der Waals surface area contributed by atoms with Crippen LogP contribution in [-0.2, 0) is 0 Å². The second kappa shape index (κ2) is 8.55. The fourth-order valence-corrected chi connectivity index (χ4v) is 2.25. The lowest BCUT2D eigenvalue weighted by atomic mass is 10.1. The second-order valence-electron chi connectivity index (χ2n) is 5.62. The van der Waals surface area contributed by atoms with Gasteiger partial charge in [-0.1, -0.05) is 37.6 Å². The maximum Gasteiger partial charge on any atom is 0.275 e. The van der Waals surface area contributed by atoms with E-state index in [1.165, 1.54) is 6.20 Å². The minimum Gasteiger partial charge on any atom is -0.351 e. The minimum absolute atomic E-state index is 0.0538. The zero-order chi connectivity index (χ0) is 18.4. The van der Waals surface area contributed by atoms with E-state index in [4.69, 9.17) is 17.3 Å². The zero-order valence-corrected chi connectivity index (χ0v) is 14.8. The van der Waals surface area contributed by atoms with E-state index in [1.54, 1.807) is 24.3 Å². The number of rotatable bonds is 6. The summed E-state index contributed by atoms with van der Waals surface area (Å²) in [4.78, 5) is 33.1. The number of aromatic nitrogens is 2. The number of hydrogen-bond donors (Lipinski definition) is 3. The molecule has 0 radical (unpaired) electrons. The molecule has 1 heterocycles. The minimum atomic E-state index is -0.506. The van der Waals surface area contributed by atoms with Crippen LogP contribution in [0.5, 0.6) is 0 Å². The molecule has 0 saturated heterocycles. The molecule has 0 fully saturated rings. The van der Waals surface area contributed by atoms with Crippen LogP contribution >= 0.6 is 11.6 Å². The lowest BCUT2D eigenvalue weighted by Crippen LogP contribution is -2.30. The average molecular weight is 362 g/mol. The molecule has 1 aromatic heterocycles. The molecule has 0 aliphatic heterocycles. The molecule has 0 aliphatic rings. The summed E-state index contributed by atoms with van der Waals surface area (Å²) < 4.78 is 0. The van der Waals surface area contributed by atoms with Crippen LogP contribution in [0.2, 0.25) is 5.02 Å². The number of benzene rings is 1. The van der Waals surface area contributed by atoms with Gasteiger partial charge in [-0.25, -0.2) is 9.97 Å². The van der Waals surface area contributed by atoms with Crippen molar-refractivity contribution in [3.05, 3.63) is 52.6 Å². The van der Waals surface area contributed by atoms with Gasteiger partial charge in [0.15, 0.2) is 5.69 Å². The molecular formula is C17H20ClN5O2. The molecule has 132 valence electrons. The average Bonchev–Trinajstić information content (AvgIpc) is 2.60. The molecule has 7 nitrogen and oxygen atoms in total. The number of halogens is 1. The molecule has 0 saturated carbocycles. The molecule has 2 amide bonds. The van der Waals surface area contributed by atoms with Gasteiger partial charge in [0.1, 0.15) is 5.82 Å². The van der Waals surface area contributed by atoms with Crippen LogP contribution in [0.1, 0.15) is 46.4 Å². The zero-order valence-electron chi connectivity index (χ0n) is 14.0. The van der Waals surface area contributed by atoms with E-state index in [-0.39, 0.29) is 22.5 Å². The van der Waals surface area contributed by atoms with Crippen molar-refractivity contribution in [1.82, 2.24) is 15.3 Å². The van der Waals surface area contributed by atoms with Gasteiger partial charge >= 0.3 is 0 Å². The standard InChI is InChI=1S/C17H20ClN5O2/c1-10(2)15-21-9-12(18)14(23-15)17(25)22-13-6-4-3-5-11(13)16(24)20-8-7-19/h3-6,9-10H,7-8,19H2,1-2H3,(H,20,24)(H,22,25). The fraction of sp³-hybridized carbons (Fsp3) is 0.294. The Bertz CT molecular complexity index is 779. The molecule has 0 unspecified atom stereocenters. The third kappa shape index (κ3) is 4.74. The Hall–Kier alpha value is -2.51. The number of carbonyl (C=O) groups is 2. The van der Waals surface area contributed by atoms with Crippen molar-refractivity contribution in [3.8, 4) is 0 Å². The van der Waals surface area contributed by atoms with E-state index < -0.39 is 5.91 Å². The van der Waals surface area contributed by atoms with Gasteiger partial charge in [0, 0.05) is 19.0 Å².